The van der Waals surface area contributed by atoms with Crippen LogP contribution in [-0.2, 0) is 48.4 Å². The summed E-state index contributed by atoms with van der Waals surface area (Å²) < 4.78 is 32.1. The number of aryl methyl sites for hydroxylation is 1. The smallest absolute Gasteiger partial charge is 0.246 e. The average Bonchev–Trinajstić information content (AvgIpc) is 4.08. The van der Waals surface area contributed by atoms with Crippen LogP contribution < -0.4 is 20.3 Å². The molecule has 17 nitrogen and oxygen atoms in total. The Morgan fingerprint density at radius 1 is 0.899 bits per heavy atom. The summed E-state index contributed by atoms with van der Waals surface area (Å²) in [6, 6.07) is 19.7. The number of hydrogen-bond donors (Lipinski definition) is 3. The highest BCUT2D eigenvalue weighted by atomic mass is 35.5. The van der Waals surface area contributed by atoms with Crippen molar-refractivity contribution >= 4 is 62.1 Å². The normalized spacial score (nSPS) is 18.0. The summed E-state index contributed by atoms with van der Waals surface area (Å²) in [6.45, 7) is 15.9. The zero-order chi connectivity index (χ0) is 56.6. The summed E-state index contributed by atoms with van der Waals surface area (Å²) >= 11 is 8.15. The first-order valence-corrected chi connectivity index (χ1v) is 30.3. The number of halogens is 1. The van der Waals surface area contributed by atoms with Crippen molar-refractivity contribution in [3.05, 3.63) is 117 Å². The van der Waals surface area contributed by atoms with E-state index in [1.54, 1.807) is 56.7 Å². The highest BCUT2D eigenvalue weighted by molar-refractivity contribution is 7.92. The van der Waals surface area contributed by atoms with Crippen LogP contribution in [0.15, 0.2) is 83.3 Å². The monoisotopic (exact) mass is 1140 g/mol. The molecule has 424 valence electrons. The molecule has 5 aromatic rings. The van der Waals surface area contributed by atoms with Crippen molar-refractivity contribution in [3.8, 4) is 16.2 Å². The van der Waals surface area contributed by atoms with E-state index in [1.807, 2.05) is 68.4 Å². The number of aliphatic hydroxyl groups is 1. The van der Waals surface area contributed by atoms with Crippen molar-refractivity contribution in [3.63, 3.8) is 0 Å². The predicted octanol–water partition coefficient (Wildman–Crippen LogP) is 7.42. The fraction of sp³-hybridized carbons (Fsp3) is 0.508. The summed E-state index contributed by atoms with van der Waals surface area (Å²) in [7, 11) is -1.85. The van der Waals surface area contributed by atoms with Gasteiger partial charge in [0.1, 0.15) is 23.7 Å². The maximum Gasteiger partial charge on any atom is 0.246 e. The number of aliphatic hydroxyl groups excluding tert-OH is 1. The molecule has 2 aromatic heterocycles. The number of nitrogens with zero attached hydrogens (tertiary/aromatic N) is 7. The third-order valence-electron chi connectivity index (χ3n) is 15.5. The maximum absolute atomic E-state index is 14.1. The summed E-state index contributed by atoms with van der Waals surface area (Å²) in [5.74, 6) is 0.294. The Labute approximate surface area is 474 Å². The molecule has 0 spiro atoms. The number of methoxy groups -OCH3 is 1. The van der Waals surface area contributed by atoms with Crippen LogP contribution in [-0.4, -0.2) is 149 Å². The minimum atomic E-state index is -3.51. The molecule has 5 heterocycles. The first kappa shape index (κ1) is 59.1. The Hall–Kier alpha value is -5.99. The van der Waals surface area contributed by atoms with E-state index in [9.17, 15) is 32.7 Å². The van der Waals surface area contributed by atoms with Gasteiger partial charge in [0, 0.05) is 114 Å². The van der Waals surface area contributed by atoms with Crippen LogP contribution in [0.25, 0.3) is 10.4 Å². The number of ether oxygens (including phenoxy) is 1. The number of likely N-dealkylation sites (tertiary alicyclic amines) is 1. The van der Waals surface area contributed by atoms with Gasteiger partial charge in [-0.25, -0.2) is 23.4 Å². The Bertz CT molecular complexity index is 3060. The zero-order valence-electron chi connectivity index (χ0n) is 46.5. The van der Waals surface area contributed by atoms with Gasteiger partial charge < -0.3 is 35.2 Å². The van der Waals surface area contributed by atoms with Crippen molar-refractivity contribution < 1.29 is 37.4 Å². The fourth-order valence-electron chi connectivity index (χ4n) is 10.8. The Kier molecular flexibility index (Phi) is 19.5. The van der Waals surface area contributed by atoms with Crippen LogP contribution >= 0.6 is 22.9 Å². The largest absolute Gasteiger partial charge is 0.496 e. The topological polar surface area (TPSA) is 208 Å². The maximum atomic E-state index is 14.1. The molecule has 3 saturated heterocycles. The van der Waals surface area contributed by atoms with Gasteiger partial charge in [-0.15, -0.1) is 11.3 Å². The number of aromatic nitrogens is 3. The van der Waals surface area contributed by atoms with Crippen LogP contribution in [0.5, 0.6) is 5.75 Å². The number of carbonyl (C=O) groups excluding carboxylic acids is 4. The molecule has 0 radical (unpaired) electrons. The van der Waals surface area contributed by atoms with Crippen LogP contribution in [0.4, 0.5) is 5.69 Å². The number of β-amino-alcohol motifs (C(OH)–C–C–N with tert-alkyl or cyclic N) is 1. The molecular weight excluding hydrogens is 1060 g/mol. The second-order valence-electron chi connectivity index (χ2n) is 22.4. The molecule has 3 aliphatic rings. The lowest BCUT2D eigenvalue weighted by Crippen LogP contribution is -2.57. The highest BCUT2D eigenvalue weighted by Gasteiger charge is 2.44. The number of anilines is 1. The van der Waals surface area contributed by atoms with Gasteiger partial charge in [-0.2, -0.15) is 0 Å². The van der Waals surface area contributed by atoms with Gasteiger partial charge in [-0.3, -0.25) is 24.1 Å². The Balaban J connectivity index is 0.749. The molecule has 0 bridgehead atoms. The number of unbranched alkanes of at least 4 members (excludes halogenated alkanes) is 1. The third kappa shape index (κ3) is 14.7. The lowest BCUT2D eigenvalue weighted by molar-refractivity contribution is -0.144. The van der Waals surface area contributed by atoms with E-state index in [0.29, 0.717) is 66.9 Å². The molecule has 20 heteroatoms. The number of nitrogens with one attached hydrogen (secondary N) is 2. The summed E-state index contributed by atoms with van der Waals surface area (Å²) in [6.07, 6.45) is 4.95. The van der Waals surface area contributed by atoms with E-state index < -0.39 is 44.6 Å². The van der Waals surface area contributed by atoms with Crippen LogP contribution in [0.1, 0.15) is 113 Å². The van der Waals surface area contributed by atoms with Gasteiger partial charge in [0.25, 0.3) is 0 Å². The number of thiazole rings is 1. The lowest BCUT2D eigenvalue weighted by atomic mass is 9.85. The molecule has 3 aliphatic heterocycles. The van der Waals surface area contributed by atoms with E-state index in [-0.39, 0.29) is 55.0 Å². The highest BCUT2D eigenvalue weighted by Crippen LogP contribution is 2.33. The van der Waals surface area contributed by atoms with Gasteiger partial charge in [0.2, 0.25) is 23.6 Å². The Morgan fingerprint density at radius 3 is 2.28 bits per heavy atom. The number of sulfone groups is 1. The second kappa shape index (κ2) is 26.1. The number of piperidine rings is 1. The second-order valence-corrected chi connectivity index (χ2v) is 26.2. The summed E-state index contributed by atoms with van der Waals surface area (Å²) in [5.41, 5.74) is 7.23. The van der Waals surface area contributed by atoms with Gasteiger partial charge in [0.15, 0.2) is 9.84 Å². The van der Waals surface area contributed by atoms with Crippen molar-refractivity contribution in [2.24, 2.45) is 5.41 Å². The number of amides is 4. The molecular formula is C59H76ClN9O8S2. The molecule has 3 fully saturated rings. The lowest BCUT2D eigenvalue weighted by Gasteiger charge is -2.43. The summed E-state index contributed by atoms with van der Waals surface area (Å²) in [5, 5.41) is 16.3. The molecule has 4 amide bonds. The molecule has 0 unspecified atom stereocenters. The molecule has 8 rings (SSSR count). The van der Waals surface area contributed by atoms with Crippen molar-refractivity contribution in [1.82, 2.24) is 40.3 Å². The Morgan fingerprint density at radius 2 is 1.61 bits per heavy atom. The number of rotatable bonds is 20. The number of carbonyl (C=O) groups is 4. The predicted molar refractivity (Wildman–Crippen MR) is 308 cm³/mol. The first-order valence-electron chi connectivity index (χ1n) is 27.5. The SMILES string of the molecule is COc1cc(N2CCC(N3CCN(C(=O)CCCCC(=O)N[C@H](C(=O)N4C[C@H](O)C[C@H]4C(=O)NCc4ccc(-c5scnc5C)cc4)C(C)(C)C)CC3)CC2)ccc1Cc1ncc(Cl)c(Cc2ccccc2S(=O)(=O)C(C)C)n1. The van der Waals surface area contributed by atoms with E-state index in [0.717, 1.165) is 77.7 Å². The van der Waals surface area contributed by atoms with E-state index >= 15 is 0 Å². The molecule has 3 aromatic carbocycles. The molecule has 3 N–H and O–H groups in total. The number of hydrogen-bond acceptors (Lipinski definition) is 14. The quantitative estimate of drug-likeness (QED) is 0.0650. The fourth-order valence-corrected chi connectivity index (χ4v) is 13.1. The molecule has 3 atom stereocenters. The molecule has 0 aliphatic carbocycles. The number of benzene rings is 3. The molecule has 0 saturated carbocycles. The van der Waals surface area contributed by atoms with Gasteiger partial charge in [-0.1, -0.05) is 80.9 Å². The average molecular weight is 1140 g/mol. The standard InChI is InChI=1S/C59H76ClN9O8S2/c1-38(2)79(75,76)51-13-9-8-12-43(51)30-48-47(60)35-61-52(64-48)31-42-20-21-45(32-50(42)77-7)66-24-22-44(23-25-66)67-26-28-68(29-27-67)54(72)15-11-10-14-53(71)65-56(59(4,5)6)58(74)69-36-46(70)33-49(69)57(73)62-34-40-16-18-41(19-17-40)55-39(3)63-37-78-55/h8-9,12-13,16-21,32,35,37-38,44,46,49,56,70H,10-11,14-15,22-31,33-34,36H2,1-7H3,(H,62,73)(H,65,71)/t46-,49+,56-/m1/s1. The summed E-state index contributed by atoms with van der Waals surface area (Å²) in [4.78, 5) is 77.6. The third-order valence-corrected chi connectivity index (χ3v) is 19.1. The molecule has 79 heavy (non-hydrogen) atoms. The van der Waals surface area contributed by atoms with E-state index in [2.05, 4.69) is 48.6 Å². The minimum Gasteiger partial charge on any atom is -0.496 e. The van der Waals surface area contributed by atoms with Gasteiger partial charge >= 0.3 is 0 Å². The van der Waals surface area contributed by atoms with E-state index in [1.165, 1.54) is 4.90 Å². The van der Waals surface area contributed by atoms with Crippen molar-refractivity contribution in [1.29, 1.82) is 0 Å². The number of piperazine rings is 1. The zero-order valence-corrected chi connectivity index (χ0v) is 48.9. The minimum absolute atomic E-state index is 0.00563. The van der Waals surface area contributed by atoms with Crippen LogP contribution in [0.3, 0.4) is 0 Å². The van der Waals surface area contributed by atoms with E-state index in [4.69, 9.17) is 21.3 Å². The van der Waals surface area contributed by atoms with Crippen LogP contribution in [0.2, 0.25) is 5.02 Å². The van der Waals surface area contributed by atoms with Crippen molar-refractivity contribution in [2.75, 3.05) is 57.8 Å². The van der Waals surface area contributed by atoms with Gasteiger partial charge in [-0.05, 0) is 80.7 Å². The van der Waals surface area contributed by atoms with Gasteiger partial charge in [0.05, 0.1) is 50.2 Å². The van der Waals surface area contributed by atoms with Crippen molar-refractivity contribution in [2.45, 2.75) is 140 Å². The van der Waals surface area contributed by atoms with Crippen LogP contribution in [0, 0.1) is 12.3 Å². The first-order chi connectivity index (χ1) is 37.7.